The maximum absolute atomic E-state index is 11.5. The largest absolute Gasteiger partial charge is 0.315 e. The van der Waals surface area contributed by atoms with Crippen LogP contribution in [0.5, 0.6) is 0 Å². The maximum Gasteiger partial charge on any atom is 0.153 e. The molecule has 0 saturated carbocycles. The number of hydrogen-bond acceptors (Lipinski definition) is 4. The van der Waals surface area contributed by atoms with Crippen molar-refractivity contribution in [2.75, 3.05) is 25.9 Å². The quantitative estimate of drug-likeness (QED) is 0.678. The van der Waals surface area contributed by atoms with Gasteiger partial charge in [0.25, 0.3) is 0 Å². The molecule has 0 spiro atoms. The molecule has 0 radical (unpaired) electrons. The number of nitrogens with one attached hydrogen (secondary N) is 2. The molecule has 0 aromatic heterocycles. The second kappa shape index (κ2) is 6.16. The summed E-state index contributed by atoms with van der Waals surface area (Å²) in [5.41, 5.74) is 0.145. The van der Waals surface area contributed by atoms with Gasteiger partial charge in [0.2, 0.25) is 0 Å². The normalized spacial score (nSPS) is 14.0. The lowest BCUT2D eigenvalue weighted by Gasteiger charge is -2.23. The van der Waals surface area contributed by atoms with E-state index in [9.17, 15) is 8.42 Å². The van der Waals surface area contributed by atoms with Gasteiger partial charge in [-0.25, -0.2) is 8.42 Å². The smallest absolute Gasteiger partial charge is 0.153 e. The Kier molecular flexibility index (Phi) is 6.11. The Balaban J connectivity index is 3.73. The molecular weight excluding hydrogens is 236 g/mol. The Labute approximate surface area is 106 Å². The summed E-state index contributed by atoms with van der Waals surface area (Å²) in [5.74, 6) is 0. The van der Waals surface area contributed by atoms with Gasteiger partial charge in [-0.15, -0.1) is 0 Å². The minimum atomic E-state index is -3.00. The summed E-state index contributed by atoms with van der Waals surface area (Å²) in [6.45, 7) is 12.2. The molecule has 0 aromatic rings. The second-order valence-electron chi connectivity index (χ2n) is 6.24. The van der Waals surface area contributed by atoms with Gasteiger partial charge in [0.1, 0.15) is 0 Å². The standard InChI is InChI=1S/C12H28N2O2S/c1-11(2,3)14-9-7-8-13-10-12(4,5)17(6,15)16/h13-14H,7-10H2,1-6H3. The minimum absolute atomic E-state index is 0.145. The molecule has 0 atom stereocenters. The van der Waals surface area contributed by atoms with Crippen LogP contribution in [0, 0.1) is 0 Å². The van der Waals surface area contributed by atoms with Crippen molar-refractivity contribution in [3.63, 3.8) is 0 Å². The average Bonchev–Trinajstić information content (AvgIpc) is 2.07. The van der Waals surface area contributed by atoms with Gasteiger partial charge in [0, 0.05) is 18.3 Å². The van der Waals surface area contributed by atoms with Crippen LogP contribution < -0.4 is 10.6 Å². The Hall–Kier alpha value is -0.130. The number of rotatable bonds is 7. The lowest BCUT2D eigenvalue weighted by molar-refractivity contribution is 0.416. The fraction of sp³-hybridized carbons (Fsp3) is 1.00. The molecule has 4 nitrogen and oxygen atoms in total. The van der Waals surface area contributed by atoms with Gasteiger partial charge in [-0.1, -0.05) is 0 Å². The topological polar surface area (TPSA) is 58.2 Å². The average molecular weight is 264 g/mol. The van der Waals surface area contributed by atoms with Crippen LogP contribution in [-0.4, -0.2) is 44.6 Å². The molecule has 0 fully saturated rings. The molecule has 0 aliphatic carbocycles. The van der Waals surface area contributed by atoms with Crippen LogP contribution in [0.3, 0.4) is 0 Å². The van der Waals surface area contributed by atoms with Crippen LogP contribution in [-0.2, 0) is 9.84 Å². The van der Waals surface area contributed by atoms with E-state index in [0.717, 1.165) is 19.5 Å². The summed E-state index contributed by atoms with van der Waals surface area (Å²) in [5, 5.41) is 6.59. The number of sulfone groups is 1. The molecule has 0 heterocycles. The van der Waals surface area contributed by atoms with Crippen molar-refractivity contribution >= 4 is 9.84 Å². The van der Waals surface area contributed by atoms with Crippen molar-refractivity contribution in [3.8, 4) is 0 Å². The van der Waals surface area contributed by atoms with Gasteiger partial charge in [-0.2, -0.15) is 0 Å². The fourth-order valence-corrected chi connectivity index (χ4v) is 1.56. The third kappa shape index (κ3) is 7.73. The highest BCUT2D eigenvalue weighted by Crippen LogP contribution is 2.13. The molecule has 0 amide bonds. The molecule has 0 aliphatic rings. The van der Waals surface area contributed by atoms with Gasteiger partial charge >= 0.3 is 0 Å². The highest BCUT2D eigenvalue weighted by molar-refractivity contribution is 7.92. The van der Waals surface area contributed by atoms with Crippen LogP contribution in [0.4, 0.5) is 0 Å². The van der Waals surface area contributed by atoms with E-state index >= 15 is 0 Å². The fourth-order valence-electron chi connectivity index (χ4n) is 1.20. The van der Waals surface area contributed by atoms with E-state index < -0.39 is 14.6 Å². The molecule has 0 unspecified atom stereocenters. The maximum atomic E-state index is 11.5. The lowest BCUT2D eigenvalue weighted by atomic mass is 10.1. The molecule has 0 aromatic carbocycles. The molecule has 0 bridgehead atoms. The first-order valence-corrected chi connectivity index (χ1v) is 8.00. The van der Waals surface area contributed by atoms with Gasteiger partial charge in [0.15, 0.2) is 9.84 Å². The highest BCUT2D eigenvalue weighted by Gasteiger charge is 2.29. The molecule has 17 heavy (non-hydrogen) atoms. The van der Waals surface area contributed by atoms with Crippen molar-refractivity contribution in [2.45, 2.75) is 51.3 Å². The van der Waals surface area contributed by atoms with Crippen LogP contribution in [0.2, 0.25) is 0 Å². The van der Waals surface area contributed by atoms with E-state index in [-0.39, 0.29) is 5.54 Å². The van der Waals surface area contributed by atoms with Crippen molar-refractivity contribution in [3.05, 3.63) is 0 Å². The van der Waals surface area contributed by atoms with E-state index in [1.807, 2.05) is 0 Å². The summed E-state index contributed by atoms with van der Waals surface area (Å²) < 4.78 is 22.2. The molecule has 2 N–H and O–H groups in total. The third-order valence-electron chi connectivity index (χ3n) is 2.74. The molecule has 0 aliphatic heterocycles. The van der Waals surface area contributed by atoms with Gasteiger partial charge in [-0.3, -0.25) is 0 Å². The van der Waals surface area contributed by atoms with Crippen LogP contribution in [0.1, 0.15) is 41.0 Å². The van der Waals surface area contributed by atoms with Crippen molar-refractivity contribution in [2.24, 2.45) is 0 Å². The molecule has 0 saturated heterocycles. The first-order chi connectivity index (χ1) is 7.46. The zero-order valence-corrected chi connectivity index (χ0v) is 12.9. The predicted octanol–water partition coefficient (Wildman–Crippen LogP) is 1.18. The zero-order valence-electron chi connectivity index (χ0n) is 12.1. The van der Waals surface area contributed by atoms with Crippen molar-refractivity contribution < 1.29 is 8.42 Å². The second-order valence-corrected chi connectivity index (χ2v) is 8.89. The van der Waals surface area contributed by atoms with E-state index in [1.54, 1.807) is 13.8 Å². The van der Waals surface area contributed by atoms with Crippen molar-refractivity contribution in [1.82, 2.24) is 10.6 Å². The van der Waals surface area contributed by atoms with Gasteiger partial charge < -0.3 is 10.6 Å². The molecule has 5 heteroatoms. The molecule has 104 valence electrons. The van der Waals surface area contributed by atoms with Crippen LogP contribution in [0.25, 0.3) is 0 Å². The summed E-state index contributed by atoms with van der Waals surface area (Å²) in [4.78, 5) is 0. The highest BCUT2D eigenvalue weighted by atomic mass is 32.2. The van der Waals surface area contributed by atoms with Gasteiger partial charge in [0.05, 0.1) is 4.75 Å². The molecular formula is C12H28N2O2S. The predicted molar refractivity (Wildman–Crippen MR) is 74.2 cm³/mol. The lowest BCUT2D eigenvalue weighted by Crippen LogP contribution is -2.43. The number of hydrogen-bond donors (Lipinski definition) is 2. The Morgan fingerprint density at radius 2 is 1.53 bits per heavy atom. The summed E-state index contributed by atoms with van der Waals surface area (Å²) >= 11 is 0. The van der Waals surface area contributed by atoms with E-state index in [4.69, 9.17) is 0 Å². The minimum Gasteiger partial charge on any atom is -0.315 e. The summed E-state index contributed by atoms with van der Waals surface area (Å²) in [7, 11) is -3.00. The van der Waals surface area contributed by atoms with E-state index in [0.29, 0.717) is 6.54 Å². The third-order valence-corrected chi connectivity index (χ3v) is 4.89. The van der Waals surface area contributed by atoms with Gasteiger partial charge in [-0.05, 0) is 54.1 Å². The molecule has 0 rings (SSSR count). The SMILES string of the molecule is CC(C)(C)NCCCNCC(C)(C)S(C)(=O)=O. The first-order valence-electron chi connectivity index (χ1n) is 6.11. The van der Waals surface area contributed by atoms with Crippen LogP contribution >= 0.6 is 0 Å². The first kappa shape index (κ1) is 16.9. The monoisotopic (exact) mass is 264 g/mol. The Morgan fingerprint density at radius 1 is 1.00 bits per heavy atom. The van der Waals surface area contributed by atoms with Crippen molar-refractivity contribution in [1.29, 1.82) is 0 Å². The Morgan fingerprint density at radius 3 is 1.94 bits per heavy atom. The zero-order chi connectivity index (χ0) is 13.7. The van der Waals surface area contributed by atoms with Crippen LogP contribution in [0.15, 0.2) is 0 Å². The van der Waals surface area contributed by atoms with E-state index in [2.05, 4.69) is 31.4 Å². The van der Waals surface area contributed by atoms with E-state index in [1.165, 1.54) is 6.26 Å². The Bertz CT molecular complexity index is 316. The summed E-state index contributed by atoms with van der Waals surface area (Å²) in [6.07, 6.45) is 2.28. The summed E-state index contributed by atoms with van der Waals surface area (Å²) in [6, 6.07) is 0.